The highest BCUT2D eigenvalue weighted by Crippen LogP contribution is 2.57. The maximum absolute atomic E-state index is 13.4. The number of nitrogens with zero attached hydrogens (tertiary/aromatic N) is 4. The number of fused-ring (bicyclic) bond motifs is 5. The standard InChI is InChI=1S/C30H34N6O5/c1-35(2)28(40)30-9-6-29(7-10-30,8-11-30)18-32-27(39)23-15-22(34-25-5-12-33-36(23)25)26(38)31-16-19-3-4-24-20(13-19)14-21(37)17-41-24/h3-5,12-13,15H,6-11,14,16-18H2,1-2H3,(H,31,38)(H,32,39). The summed E-state index contributed by atoms with van der Waals surface area (Å²) >= 11 is 0. The van der Waals surface area contributed by atoms with Crippen LogP contribution in [-0.4, -0.2) is 70.2 Å². The van der Waals surface area contributed by atoms with Gasteiger partial charge in [-0.2, -0.15) is 5.10 Å². The first-order chi connectivity index (χ1) is 19.7. The molecule has 4 aliphatic rings. The Hall–Kier alpha value is -4.28. The van der Waals surface area contributed by atoms with Gasteiger partial charge in [0.2, 0.25) is 5.91 Å². The molecule has 11 nitrogen and oxygen atoms in total. The van der Waals surface area contributed by atoms with Crippen LogP contribution in [-0.2, 0) is 22.6 Å². The van der Waals surface area contributed by atoms with E-state index in [0.29, 0.717) is 24.4 Å². The zero-order chi connectivity index (χ0) is 28.8. The second-order valence-corrected chi connectivity index (χ2v) is 11.9. The van der Waals surface area contributed by atoms with E-state index in [4.69, 9.17) is 4.74 Å². The average molecular weight is 559 g/mol. The molecule has 3 aliphatic carbocycles. The SMILES string of the molecule is CN(C)C(=O)C12CCC(CNC(=O)c3cc(C(=O)NCc4ccc5c(c4)CC(=O)CO5)nc4ccnn34)(CC1)CC2. The number of nitrogens with one attached hydrogen (secondary N) is 2. The van der Waals surface area contributed by atoms with Gasteiger partial charge >= 0.3 is 0 Å². The predicted molar refractivity (Wildman–Crippen MR) is 148 cm³/mol. The molecule has 41 heavy (non-hydrogen) atoms. The summed E-state index contributed by atoms with van der Waals surface area (Å²) in [6.45, 7) is 0.824. The first-order valence-electron chi connectivity index (χ1n) is 14.1. The predicted octanol–water partition coefficient (Wildman–Crippen LogP) is 2.32. The van der Waals surface area contributed by atoms with Gasteiger partial charge in [0, 0.05) is 56.7 Å². The van der Waals surface area contributed by atoms with Crippen molar-refractivity contribution >= 4 is 29.2 Å². The summed E-state index contributed by atoms with van der Waals surface area (Å²) in [7, 11) is 3.64. The third kappa shape index (κ3) is 5.05. The molecule has 0 atom stereocenters. The van der Waals surface area contributed by atoms with Crippen molar-refractivity contribution in [2.24, 2.45) is 10.8 Å². The molecule has 3 fully saturated rings. The molecule has 1 aromatic carbocycles. The van der Waals surface area contributed by atoms with Crippen molar-refractivity contribution in [3.63, 3.8) is 0 Å². The number of benzene rings is 1. The lowest BCUT2D eigenvalue weighted by Crippen LogP contribution is -2.52. The number of aromatic nitrogens is 3. The Balaban J connectivity index is 1.13. The first kappa shape index (κ1) is 26.9. The zero-order valence-electron chi connectivity index (χ0n) is 23.4. The summed E-state index contributed by atoms with van der Waals surface area (Å²) in [5.74, 6) is 0.171. The van der Waals surface area contributed by atoms with Crippen LogP contribution in [0, 0.1) is 10.8 Å². The lowest BCUT2D eigenvalue weighted by Gasteiger charge is -2.53. The maximum Gasteiger partial charge on any atom is 0.270 e. The van der Waals surface area contributed by atoms with Gasteiger partial charge in [-0.1, -0.05) is 6.07 Å². The molecule has 214 valence electrons. The van der Waals surface area contributed by atoms with E-state index in [0.717, 1.165) is 49.7 Å². The van der Waals surface area contributed by atoms with E-state index >= 15 is 0 Å². The number of ether oxygens (including phenoxy) is 1. The number of rotatable bonds is 7. The average Bonchev–Trinajstić information content (AvgIpc) is 3.47. The Labute approximate surface area is 237 Å². The van der Waals surface area contributed by atoms with Crippen LogP contribution < -0.4 is 15.4 Å². The quantitative estimate of drug-likeness (QED) is 0.454. The van der Waals surface area contributed by atoms with Crippen LogP contribution in [0.3, 0.4) is 0 Å². The molecule has 7 rings (SSSR count). The molecule has 3 heterocycles. The van der Waals surface area contributed by atoms with Crippen molar-refractivity contribution in [1.82, 2.24) is 30.1 Å². The normalized spacial score (nSPS) is 23.0. The molecule has 3 saturated carbocycles. The van der Waals surface area contributed by atoms with Crippen molar-refractivity contribution in [3.05, 3.63) is 59.0 Å². The van der Waals surface area contributed by atoms with Crippen LogP contribution in [0.15, 0.2) is 36.5 Å². The van der Waals surface area contributed by atoms with E-state index in [1.807, 2.05) is 26.2 Å². The number of carbonyl (C=O) groups is 4. The molecule has 0 radical (unpaired) electrons. The highest BCUT2D eigenvalue weighted by atomic mass is 16.5. The van der Waals surface area contributed by atoms with Gasteiger partial charge in [0.05, 0.1) is 6.20 Å². The van der Waals surface area contributed by atoms with Crippen LogP contribution in [0.5, 0.6) is 5.75 Å². The van der Waals surface area contributed by atoms with Gasteiger partial charge in [0.1, 0.15) is 23.7 Å². The van der Waals surface area contributed by atoms with Crippen LogP contribution in [0.1, 0.15) is 70.6 Å². The Bertz CT molecular complexity index is 1540. The number of Topliss-reactive ketones (excluding diaryl/α,β-unsaturated/α-hetero) is 1. The molecule has 0 unspecified atom stereocenters. The van der Waals surface area contributed by atoms with Crippen molar-refractivity contribution < 1.29 is 23.9 Å². The van der Waals surface area contributed by atoms with Gasteiger partial charge < -0.3 is 20.3 Å². The second kappa shape index (κ2) is 10.3. The number of ketones is 1. The van der Waals surface area contributed by atoms with Gasteiger partial charge in [-0.05, 0) is 61.6 Å². The monoisotopic (exact) mass is 558 g/mol. The van der Waals surface area contributed by atoms with Crippen molar-refractivity contribution in [3.8, 4) is 5.75 Å². The van der Waals surface area contributed by atoms with Crippen LogP contribution in [0.2, 0.25) is 0 Å². The molecular weight excluding hydrogens is 524 g/mol. The van der Waals surface area contributed by atoms with E-state index in [9.17, 15) is 19.2 Å². The third-order valence-corrected chi connectivity index (χ3v) is 9.06. The van der Waals surface area contributed by atoms with E-state index in [1.54, 1.807) is 23.2 Å². The van der Waals surface area contributed by atoms with Gasteiger partial charge in [-0.15, -0.1) is 0 Å². The highest BCUT2D eigenvalue weighted by molar-refractivity contribution is 5.98. The maximum atomic E-state index is 13.4. The molecular formula is C30H34N6O5. The Morgan fingerprint density at radius 2 is 1.76 bits per heavy atom. The van der Waals surface area contributed by atoms with Crippen LogP contribution in [0.4, 0.5) is 0 Å². The lowest BCUT2D eigenvalue weighted by atomic mass is 9.53. The summed E-state index contributed by atoms with van der Waals surface area (Å²) < 4.78 is 6.88. The third-order valence-electron chi connectivity index (χ3n) is 9.06. The smallest absolute Gasteiger partial charge is 0.270 e. The minimum absolute atomic E-state index is 0.0157. The number of carbonyl (C=O) groups excluding carboxylic acids is 4. The molecule has 3 amide bonds. The highest BCUT2D eigenvalue weighted by Gasteiger charge is 2.52. The summed E-state index contributed by atoms with van der Waals surface area (Å²) in [6.07, 6.45) is 7.08. The Morgan fingerprint density at radius 1 is 1.00 bits per heavy atom. The van der Waals surface area contributed by atoms with Crippen molar-refractivity contribution in [2.75, 3.05) is 27.2 Å². The zero-order valence-corrected chi connectivity index (χ0v) is 23.4. The summed E-state index contributed by atoms with van der Waals surface area (Å²) in [5.41, 5.74) is 2.09. The van der Waals surface area contributed by atoms with Crippen molar-refractivity contribution in [2.45, 2.75) is 51.5 Å². The summed E-state index contributed by atoms with van der Waals surface area (Å²) in [5, 5.41) is 10.2. The molecule has 1 aliphatic heterocycles. The lowest BCUT2D eigenvalue weighted by molar-refractivity contribution is -0.149. The van der Waals surface area contributed by atoms with Crippen LogP contribution >= 0.6 is 0 Å². The fourth-order valence-corrected chi connectivity index (χ4v) is 6.59. The molecule has 2 N–H and O–H groups in total. The van der Waals surface area contributed by atoms with E-state index in [-0.39, 0.29) is 53.0 Å². The fraction of sp³-hybridized carbons (Fsp3) is 0.467. The number of amides is 3. The number of hydrogen-bond acceptors (Lipinski definition) is 7. The minimum atomic E-state index is -0.423. The number of hydrogen-bond donors (Lipinski definition) is 2. The molecule has 3 aromatic rings. The fourth-order valence-electron chi connectivity index (χ4n) is 6.59. The van der Waals surface area contributed by atoms with E-state index < -0.39 is 5.91 Å². The first-order valence-corrected chi connectivity index (χ1v) is 14.1. The Kier molecular flexibility index (Phi) is 6.75. The molecule has 0 spiro atoms. The molecule has 11 heteroatoms. The van der Waals surface area contributed by atoms with Gasteiger partial charge in [-0.25, -0.2) is 9.50 Å². The van der Waals surface area contributed by atoms with Gasteiger partial charge in [-0.3, -0.25) is 19.2 Å². The molecule has 0 saturated heterocycles. The Morgan fingerprint density at radius 3 is 2.49 bits per heavy atom. The summed E-state index contributed by atoms with van der Waals surface area (Å²) in [6, 6.07) is 8.62. The second-order valence-electron chi connectivity index (χ2n) is 11.9. The van der Waals surface area contributed by atoms with E-state index in [2.05, 4.69) is 20.7 Å². The summed E-state index contributed by atoms with van der Waals surface area (Å²) in [4.78, 5) is 57.2. The van der Waals surface area contributed by atoms with Crippen molar-refractivity contribution in [1.29, 1.82) is 0 Å². The van der Waals surface area contributed by atoms with Gasteiger partial charge in [0.15, 0.2) is 11.4 Å². The van der Waals surface area contributed by atoms with Crippen LogP contribution in [0.25, 0.3) is 5.65 Å². The minimum Gasteiger partial charge on any atom is -0.486 e. The molecule has 2 bridgehead atoms. The van der Waals surface area contributed by atoms with E-state index in [1.165, 1.54) is 10.6 Å². The topological polar surface area (TPSA) is 135 Å². The largest absolute Gasteiger partial charge is 0.486 e. The van der Waals surface area contributed by atoms with Gasteiger partial charge in [0.25, 0.3) is 11.8 Å². The molecule has 2 aromatic heterocycles.